The standard InChI is InChI=1S/C13H12N2O4/c16-13(17)10-7-9(19-14-10)8-15-5-6-18-12-4-2-1-3-11(12)15/h1-4,7H,5-6,8H2,(H,16,17). The number of nitrogens with zero attached hydrogens (tertiary/aromatic N) is 2. The summed E-state index contributed by atoms with van der Waals surface area (Å²) in [7, 11) is 0. The van der Waals surface area contributed by atoms with Crippen LogP contribution in [0.3, 0.4) is 0 Å². The van der Waals surface area contributed by atoms with Crippen LogP contribution in [0.15, 0.2) is 34.9 Å². The van der Waals surface area contributed by atoms with Gasteiger partial charge in [0, 0.05) is 6.07 Å². The summed E-state index contributed by atoms with van der Waals surface area (Å²) in [5.41, 5.74) is 0.901. The molecule has 0 spiro atoms. The summed E-state index contributed by atoms with van der Waals surface area (Å²) in [5.74, 6) is 0.262. The van der Waals surface area contributed by atoms with E-state index in [1.54, 1.807) is 0 Å². The second kappa shape index (κ2) is 4.64. The highest BCUT2D eigenvalue weighted by Crippen LogP contribution is 2.31. The van der Waals surface area contributed by atoms with Crippen molar-refractivity contribution in [3.8, 4) is 5.75 Å². The summed E-state index contributed by atoms with van der Waals surface area (Å²) in [6.07, 6.45) is 0. The number of benzene rings is 1. The Morgan fingerprint density at radius 2 is 2.26 bits per heavy atom. The van der Waals surface area contributed by atoms with Crippen molar-refractivity contribution in [2.75, 3.05) is 18.1 Å². The van der Waals surface area contributed by atoms with E-state index in [0.29, 0.717) is 18.9 Å². The van der Waals surface area contributed by atoms with Gasteiger partial charge in [-0.05, 0) is 12.1 Å². The van der Waals surface area contributed by atoms with E-state index in [9.17, 15) is 4.79 Å². The van der Waals surface area contributed by atoms with Gasteiger partial charge in [-0.1, -0.05) is 17.3 Å². The summed E-state index contributed by atoms with van der Waals surface area (Å²) in [5, 5.41) is 12.3. The maximum atomic E-state index is 10.7. The van der Waals surface area contributed by atoms with Crippen molar-refractivity contribution in [2.45, 2.75) is 6.54 Å². The molecule has 1 N–H and O–H groups in total. The number of aromatic carboxylic acids is 1. The minimum atomic E-state index is -1.09. The maximum absolute atomic E-state index is 10.7. The molecule has 0 aliphatic carbocycles. The molecule has 1 aliphatic rings. The van der Waals surface area contributed by atoms with E-state index in [4.69, 9.17) is 14.4 Å². The first-order chi connectivity index (χ1) is 9.24. The monoisotopic (exact) mass is 260 g/mol. The third-order valence-corrected chi connectivity index (χ3v) is 2.95. The molecule has 6 heteroatoms. The highest BCUT2D eigenvalue weighted by molar-refractivity contribution is 5.85. The van der Waals surface area contributed by atoms with Crippen LogP contribution in [0.1, 0.15) is 16.2 Å². The molecule has 0 saturated carbocycles. The van der Waals surface area contributed by atoms with Crippen molar-refractivity contribution in [3.05, 3.63) is 41.8 Å². The normalized spacial score (nSPS) is 13.8. The van der Waals surface area contributed by atoms with Gasteiger partial charge in [0.25, 0.3) is 0 Å². The number of anilines is 1. The van der Waals surface area contributed by atoms with Crippen molar-refractivity contribution in [3.63, 3.8) is 0 Å². The van der Waals surface area contributed by atoms with Crippen LogP contribution < -0.4 is 9.64 Å². The fraction of sp³-hybridized carbons (Fsp3) is 0.231. The Bertz CT molecular complexity index is 608. The molecule has 0 bridgehead atoms. The minimum absolute atomic E-state index is 0.0726. The minimum Gasteiger partial charge on any atom is -0.490 e. The molecule has 98 valence electrons. The summed E-state index contributed by atoms with van der Waals surface area (Å²) < 4.78 is 10.6. The molecule has 0 saturated heterocycles. The number of carboxylic acid groups (broad SMARTS) is 1. The largest absolute Gasteiger partial charge is 0.490 e. The third-order valence-electron chi connectivity index (χ3n) is 2.95. The Hall–Kier alpha value is -2.50. The van der Waals surface area contributed by atoms with Crippen LogP contribution in [0, 0.1) is 0 Å². The zero-order chi connectivity index (χ0) is 13.2. The molecular formula is C13H12N2O4. The van der Waals surface area contributed by atoms with Gasteiger partial charge in [-0.3, -0.25) is 0 Å². The Kier molecular flexibility index (Phi) is 2.83. The second-order valence-corrected chi connectivity index (χ2v) is 4.22. The maximum Gasteiger partial charge on any atom is 0.358 e. The summed E-state index contributed by atoms with van der Waals surface area (Å²) in [6, 6.07) is 9.16. The molecule has 0 fully saturated rings. The smallest absolute Gasteiger partial charge is 0.358 e. The average molecular weight is 260 g/mol. The van der Waals surface area contributed by atoms with Gasteiger partial charge in [-0.15, -0.1) is 0 Å². The van der Waals surface area contributed by atoms with E-state index >= 15 is 0 Å². The molecule has 6 nitrogen and oxygen atoms in total. The van der Waals surface area contributed by atoms with Crippen molar-refractivity contribution in [1.29, 1.82) is 0 Å². The molecule has 1 aromatic carbocycles. The Morgan fingerprint density at radius 3 is 3.05 bits per heavy atom. The molecular weight excluding hydrogens is 248 g/mol. The summed E-state index contributed by atoms with van der Waals surface area (Å²) in [6.45, 7) is 1.79. The van der Waals surface area contributed by atoms with Gasteiger partial charge in [0.15, 0.2) is 11.5 Å². The molecule has 0 radical (unpaired) electrons. The van der Waals surface area contributed by atoms with E-state index in [2.05, 4.69) is 10.1 Å². The molecule has 19 heavy (non-hydrogen) atoms. The fourth-order valence-electron chi connectivity index (χ4n) is 2.07. The average Bonchev–Trinajstić information content (AvgIpc) is 2.88. The van der Waals surface area contributed by atoms with Crippen LogP contribution in [0.4, 0.5) is 5.69 Å². The molecule has 0 atom stereocenters. The lowest BCUT2D eigenvalue weighted by Crippen LogP contribution is -2.31. The number of hydrogen-bond donors (Lipinski definition) is 1. The van der Waals surface area contributed by atoms with Crippen LogP contribution in [0.2, 0.25) is 0 Å². The van der Waals surface area contributed by atoms with Gasteiger partial charge in [0.05, 0.1) is 18.8 Å². The van der Waals surface area contributed by atoms with Crippen LogP contribution in [0.5, 0.6) is 5.75 Å². The quantitative estimate of drug-likeness (QED) is 0.906. The highest BCUT2D eigenvalue weighted by Gasteiger charge is 2.20. The number of carboxylic acids is 1. The fourth-order valence-corrected chi connectivity index (χ4v) is 2.07. The number of para-hydroxylation sites is 2. The Morgan fingerprint density at radius 1 is 1.42 bits per heavy atom. The topological polar surface area (TPSA) is 75.8 Å². The number of aromatic nitrogens is 1. The van der Waals surface area contributed by atoms with Gasteiger partial charge < -0.3 is 19.3 Å². The second-order valence-electron chi connectivity index (χ2n) is 4.22. The van der Waals surface area contributed by atoms with Gasteiger partial charge in [0.1, 0.15) is 12.4 Å². The first-order valence-electron chi connectivity index (χ1n) is 5.90. The molecule has 2 aromatic rings. The van der Waals surface area contributed by atoms with E-state index in [1.807, 2.05) is 24.3 Å². The third kappa shape index (κ3) is 2.24. The van der Waals surface area contributed by atoms with Crippen molar-refractivity contribution in [2.24, 2.45) is 0 Å². The zero-order valence-electron chi connectivity index (χ0n) is 10.1. The van der Waals surface area contributed by atoms with E-state index in [1.165, 1.54) is 6.07 Å². The molecule has 0 amide bonds. The van der Waals surface area contributed by atoms with E-state index < -0.39 is 5.97 Å². The van der Waals surface area contributed by atoms with Crippen LogP contribution in [-0.4, -0.2) is 29.4 Å². The van der Waals surface area contributed by atoms with Crippen molar-refractivity contribution >= 4 is 11.7 Å². The first kappa shape index (κ1) is 11.6. The Labute approximate surface area is 109 Å². The van der Waals surface area contributed by atoms with E-state index in [0.717, 1.165) is 18.0 Å². The highest BCUT2D eigenvalue weighted by atomic mass is 16.5. The molecule has 1 aliphatic heterocycles. The SMILES string of the molecule is O=C(O)c1cc(CN2CCOc3ccccc32)on1. The lowest BCUT2D eigenvalue weighted by atomic mass is 10.2. The predicted octanol–water partition coefficient (Wildman–Crippen LogP) is 1.77. The van der Waals surface area contributed by atoms with Gasteiger partial charge in [-0.25, -0.2) is 4.79 Å². The van der Waals surface area contributed by atoms with E-state index in [-0.39, 0.29) is 5.69 Å². The number of carbonyl (C=O) groups is 1. The number of ether oxygens (including phenoxy) is 1. The number of fused-ring (bicyclic) bond motifs is 1. The lowest BCUT2D eigenvalue weighted by Gasteiger charge is -2.30. The molecule has 2 heterocycles. The Balaban J connectivity index is 1.82. The van der Waals surface area contributed by atoms with Gasteiger partial charge in [-0.2, -0.15) is 0 Å². The number of rotatable bonds is 3. The van der Waals surface area contributed by atoms with Crippen molar-refractivity contribution < 1.29 is 19.2 Å². The van der Waals surface area contributed by atoms with Gasteiger partial charge >= 0.3 is 5.97 Å². The number of hydrogen-bond acceptors (Lipinski definition) is 5. The van der Waals surface area contributed by atoms with Gasteiger partial charge in [0.2, 0.25) is 0 Å². The molecule has 0 unspecified atom stereocenters. The molecule has 1 aromatic heterocycles. The van der Waals surface area contributed by atoms with Crippen molar-refractivity contribution in [1.82, 2.24) is 5.16 Å². The van der Waals surface area contributed by atoms with Crippen LogP contribution in [0.25, 0.3) is 0 Å². The zero-order valence-corrected chi connectivity index (χ0v) is 10.1. The van der Waals surface area contributed by atoms with Crippen LogP contribution >= 0.6 is 0 Å². The van der Waals surface area contributed by atoms with Crippen LogP contribution in [-0.2, 0) is 6.54 Å². The predicted molar refractivity (Wildman–Crippen MR) is 66.4 cm³/mol. The lowest BCUT2D eigenvalue weighted by molar-refractivity contribution is 0.0685. The molecule has 3 rings (SSSR count). The summed E-state index contributed by atoms with van der Waals surface area (Å²) >= 11 is 0. The summed E-state index contributed by atoms with van der Waals surface area (Å²) in [4.78, 5) is 12.8. The first-order valence-corrected chi connectivity index (χ1v) is 5.90.